The van der Waals surface area contributed by atoms with Gasteiger partial charge in [0.15, 0.2) is 7.15 Å². The zero-order chi connectivity index (χ0) is 12.9. The highest BCUT2D eigenvalue weighted by atomic mass is 32.4. The Hall–Kier alpha value is 0.490. The van der Waals surface area contributed by atoms with Gasteiger partial charge in [-0.1, -0.05) is 39.0 Å². The van der Waals surface area contributed by atoms with E-state index in [1.165, 1.54) is 25.7 Å². The summed E-state index contributed by atoms with van der Waals surface area (Å²) in [6.07, 6.45) is 6.89. The molecule has 6 heteroatoms. The molecule has 0 saturated heterocycles. The lowest BCUT2D eigenvalue weighted by Gasteiger charge is -2.15. The van der Waals surface area contributed by atoms with Crippen molar-refractivity contribution in [1.82, 2.24) is 0 Å². The van der Waals surface area contributed by atoms with Gasteiger partial charge in [0, 0.05) is 6.61 Å². The van der Waals surface area contributed by atoms with Crippen molar-refractivity contribution in [2.75, 3.05) is 19.8 Å². The van der Waals surface area contributed by atoms with E-state index in [9.17, 15) is 0 Å². The first kappa shape index (κ1) is 17.5. The van der Waals surface area contributed by atoms with E-state index in [2.05, 4.69) is 18.7 Å². The number of unbranched alkanes of at least 4 members (excludes halogenated alkanes) is 5. The Morgan fingerprint density at radius 2 is 1.82 bits per heavy atom. The monoisotopic (exact) mass is 284 g/mol. The lowest BCUT2D eigenvalue weighted by Crippen LogP contribution is -2.23. The number of rotatable bonds is 12. The van der Waals surface area contributed by atoms with Crippen LogP contribution in [0.2, 0.25) is 0 Å². The van der Waals surface area contributed by atoms with E-state index in [-0.39, 0.29) is 19.3 Å². The quantitative estimate of drug-likeness (QED) is 0.425. The van der Waals surface area contributed by atoms with Gasteiger partial charge < -0.3 is 19.3 Å². The molecule has 2 N–H and O–H groups in total. The summed E-state index contributed by atoms with van der Waals surface area (Å²) in [7, 11) is -2.09. The fourth-order valence-electron chi connectivity index (χ4n) is 1.45. The highest BCUT2D eigenvalue weighted by Gasteiger charge is 2.08. The van der Waals surface area contributed by atoms with Gasteiger partial charge in [0.2, 0.25) is 0 Å². The Labute approximate surface area is 110 Å². The van der Waals surface area contributed by atoms with Gasteiger partial charge in [0.25, 0.3) is 0 Å². The van der Waals surface area contributed by atoms with Crippen LogP contribution in [-0.4, -0.2) is 35.9 Å². The molecule has 0 aromatic rings. The maximum absolute atomic E-state index is 9.00. The summed E-state index contributed by atoms with van der Waals surface area (Å²) in [6.45, 7) is 2.91. The molecule has 0 amide bonds. The first-order valence-electron chi connectivity index (χ1n) is 6.28. The first-order chi connectivity index (χ1) is 8.20. The van der Waals surface area contributed by atoms with Gasteiger partial charge in [-0.25, -0.2) is 0 Å². The summed E-state index contributed by atoms with van der Waals surface area (Å²) in [6, 6.07) is 0. The molecule has 0 radical (unpaired) electrons. The van der Waals surface area contributed by atoms with E-state index in [0.717, 1.165) is 12.8 Å². The maximum atomic E-state index is 9.00. The molecule has 0 aliphatic rings. The van der Waals surface area contributed by atoms with E-state index < -0.39 is 7.15 Å². The Morgan fingerprint density at radius 1 is 1.18 bits per heavy atom. The molecule has 0 rings (SSSR count). The molecular formula is C11H25O4PS. The van der Waals surface area contributed by atoms with E-state index >= 15 is 0 Å². The molecule has 0 heterocycles. The Balaban J connectivity index is 3.34. The molecule has 0 aromatic heterocycles. The minimum atomic E-state index is -2.09. The fourth-order valence-corrected chi connectivity index (χ4v) is 1.98. The third kappa shape index (κ3) is 12.7. The van der Waals surface area contributed by atoms with Crippen molar-refractivity contribution in [2.45, 2.75) is 51.6 Å². The predicted molar refractivity (Wildman–Crippen MR) is 74.1 cm³/mol. The molecule has 0 saturated carbocycles. The van der Waals surface area contributed by atoms with Gasteiger partial charge >= 0.3 is 0 Å². The summed E-state index contributed by atoms with van der Waals surface area (Å²) >= 11 is 4.54. The maximum Gasteiger partial charge on any atom is 0.173 e. The van der Waals surface area contributed by atoms with Crippen LogP contribution in [0.4, 0.5) is 0 Å². The molecule has 0 spiro atoms. The molecule has 17 heavy (non-hydrogen) atoms. The third-order valence-corrected chi connectivity index (χ3v) is 3.21. The average molecular weight is 284 g/mol. The summed E-state index contributed by atoms with van der Waals surface area (Å²) in [5.41, 5.74) is 0. The summed E-state index contributed by atoms with van der Waals surface area (Å²) in [5.74, 6) is 0. The van der Waals surface area contributed by atoms with Crippen molar-refractivity contribution in [3.8, 4) is 0 Å². The Kier molecular flexibility index (Phi) is 13.3. The topological polar surface area (TPSA) is 58.9 Å². The van der Waals surface area contributed by atoms with Crippen LogP contribution < -0.4 is 0 Å². The molecule has 4 nitrogen and oxygen atoms in total. The zero-order valence-electron chi connectivity index (χ0n) is 10.6. The number of ether oxygens (including phenoxy) is 1. The summed E-state index contributed by atoms with van der Waals surface area (Å²) in [5, 5.41) is 9.00. The largest absolute Gasteiger partial charge is 0.394 e. The van der Waals surface area contributed by atoms with Crippen molar-refractivity contribution < 1.29 is 19.3 Å². The molecular weight excluding hydrogens is 259 g/mol. The minimum Gasteiger partial charge on any atom is -0.394 e. The highest BCUT2D eigenvalue weighted by Crippen LogP contribution is 2.15. The van der Waals surface area contributed by atoms with Crippen molar-refractivity contribution >= 4 is 19.0 Å². The average Bonchev–Trinajstić information content (AvgIpc) is 2.31. The van der Waals surface area contributed by atoms with Crippen LogP contribution in [0.5, 0.6) is 0 Å². The summed E-state index contributed by atoms with van der Waals surface area (Å²) in [4.78, 5) is 8.85. The molecule has 0 aliphatic carbocycles. The second-order valence-corrected chi connectivity index (χ2v) is 5.89. The molecule has 104 valence electrons. The molecule has 0 fully saturated rings. The SMILES string of the molecule is CCCCCCCCO[C@H](CO)CO[PH](O)=S. The van der Waals surface area contributed by atoms with Crippen LogP contribution in [-0.2, 0) is 21.1 Å². The number of hydrogen-bond donors (Lipinski definition) is 2. The molecule has 0 bridgehead atoms. The zero-order valence-corrected chi connectivity index (χ0v) is 12.4. The van der Waals surface area contributed by atoms with Gasteiger partial charge in [0.05, 0.1) is 13.2 Å². The molecule has 0 aliphatic heterocycles. The van der Waals surface area contributed by atoms with Crippen LogP contribution in [0.15, 0.2) is 0 Å². The third-order valence-electron chi connectivity index (χ3n) is 2.45. The Bertz CT molecular complexity index is 192. The van der Waals surface area contributed by atoms with Crippen molar-refractivity contribution in [1.29, 1.82) is 0 Å². The lowest BCUT2D eigenvalue weighted by molar-refractivity contribution is -0.0136. The van der Waals surface area contributed by atoms with Crippen molar-refractivity contribution in [3.63, 3.8) is 0 Å². The standard InChI is InChI=1S/C11H25O4PS/c1-2-3-4-5-6-7-8-14-11(9-12)10-15-16(13)17/h11-12,16H,2-10H2,1H3,(H,13,17)/t11-/m1/s1. The molecule has 0 aromatic carbocycles. The number of aliphatic hydroxyl groups excluding tert-OH is 1. The number of aliphatic hydroxyl groups is 1. The minimum absolute atomic E-state index is 0.0969. The smallest absolute Gasteiger partial charge is 0.173 e. The van der Waals surface area contributed by atoms with E-state index in [1.54, 1.807) is 0 Å². The van der Waals surface area contributed by atoms with Crippen LogP contribution in [0, 0.1) is 0 Å². The van der Waals surface area contributed by atoms with E-state index in [0.29, 0.717) is 6.61 Å². The Morgan fingerprint density at radius 3 is 2.41 bits per heavy atom. The van der Waals surface area contributed by atoms with Gasteiger partial charge in [0.1, 0.15) is 6.10 Å². The van der Waals surface area contributed by atoms with Gasteiger partial charge in [-0.3, -0.25) is 0 Å². The normalized spacial score (nSPS) is 14.8. The van der Waals surface area contributed by atoms with Gasteiger partial charge in [-0.2, -0.15) is 0 Å². The van der Waals surface area contributed by atoms with Gasteiger partial charge in [-0.05, 0) is 18.2 Å². The van der Waals surface area contributed by atoms with E-state index in [4.69, 9.17) is 19.3 Å². The van der Waals surface area contributed by atoms with Crippen molar-refractivity contribution in [3.05, 3.63) is 0 Å². The number of hydrogen-bond acceptors (Lipinski definition) is 4. The van der Waals surface area contributed by atoms with Crippen LogP contribution in [0.25, 0.3) is 0 Å². The van der Waals surface area contributed by atoms with Crippen LogP contribution >= 0.6 is 7.15 Å². The van der Waals surface area contributed by atoms with E-state index in [1.807, 2.05) is 0 Å². The highest BCUT2D eigenvalue weighted by molar-refractivity contribution is 8.00. The lowest BCUT2D eigenvalue weighted by atomic mass is 10.1. The van der Waals surface area contributed by atoms with Crippen LogP contribution in [0.1, 0.15) is 45.4 Å². The van der Waals surface area contributed by atoms with Crippen LogP contribution in [0.3, 0.4) is 0 Å². The fraction of sp³-hybridized carbons (Fsp3) is 1.00. The predicted octanol–water partition coefficient (Wildman–Crippen LogP) is 2.24. The molecule has 2 atom stereocenters. The first-order valence-corrected chi connectivity index (χ1v) is 8.77. The summed E-state index contributed by atoms with van der Waals surface area (Å²) < 4.78 is 10.3. The van der Waals surface area contributed by atoms with Crippen molar-refractivity contribution in [2.24, 2.45) is 0 Å². The molecule has 1 unspecified atom stereocenters. The second kappa shape index (κ2) is 12.9. The van der Waals surface area contributed by atoms with Gasteiger partial charge in [-0.15, -0.1) is 0 Å². The second-order valence-electron chi connectivity index (χ2n) is 4.02.